The van der Waals surface area contributed by atoms with E-state index in [-0.39, 0.29) is 11.6 Å². The lowest BCUT2D eigenvalue weighted by molar-refractivity contribution is -0.141. The second-order valence-electron chi connectivity index (χ2n) is 2.90. The number of rotatable bonds is 5. The molecule has 0 fully saturated rings. The van der Waals surface area contributed by atoms with E-state index in [1.807, 2.05) is 0 Å². The number of nitrogens with one attached hydrogen (secondary N) is 2. The van der Waals surface area contributed by atoms with Gasteiger partial charge in [-0.1, -0.05) is 18.2 Å². The Balaban J connectivity index is 4.12. The first-order valence-corrected chi connectivity index (χ1v) is 4.51. The van der Waals surface area contributed by atoms with Gasteiger partial charge in [-0.2, -0.15) is 0 Å². The van der Waals surface area contributed by atoms with E-state index in [1.54, 1.807) is 0 Å². The van der Waals surface area contributed by atoms with Gasteiger partial charge in [0.05, 0.1) is 12.6 Å². The quantitative estimate of drug-likeness (QED) is 0.535. The number of urea groups is 1. The Hall–Kier alpha value is -1.27. The monoisotopic (exact) mass is 236 g/mol. The highest BCUT2D eigenvalue weighted by atomic mass is 35.5. The van der Waals surface area contributed by atoms with Crippen LogP contribution in [0.3, 0.4) is 0 Å². The first-order valence-electron chi connectivity index (χ1n) is 4.13. The Morgan fingerprint density at radius 1 is 1.53 bits per heavy atom. The molecule has 0 heterocycles. The summed E-state index contributed by atoms with van der Waals surface area (Å²) in [5, 5.41) is 22.2. The molecule has 0 radical (unpaired) electrons. The van der Waals surface area contributed by atoms with Gasteiger partial charge in [0.1, 0.15) is 0 Å². The lowest BCUT2D eigenvalue weighted by atomic mass is 10.2. The predicted octanol–water partition coefficient (Wildman–Crippen LogP) is -0.128. The summed E-state index contributed by atoms with van der Waals surface area (Å²) in [6.07, 6.45) is -1.19. The number of hydrogen-bond acceptors (Lipinski definition) is 3. The zero-order valence-corrected chi connectivity index (χ0v) is 8.91. The largest absolute Gasteiger partial charge is 0.480 e. The molecule has 0 aromatic rings. The molecule has 0 saturated heterocycles. The summed E-state index contributed by atoms with van der Waals surface area (Å²) in [5.41, 5.74) is 0. The molecule has 0 saturated carbocycles. The molecule has 4 N–H and O–H groups in total. The second kappa shape index (κ2) is 6.26. The molecule has 0 aliphatic heterocycles. The number of aliphatic hydroxyl groups is 1. The van der Waals surface area contributed by atoms with E-state index in [9.17, 15) is 9.59 Å². The van der Waals surface area contributed by atoms with Crippen LogP contribution in [0.15, 0.2) is 11.6 Å². The molecular formula is C8H13ClN2O4. The maximum atomic E-state index is 11.1. The summed E-state index contributed by atoms with van der Waals surface area (Å²) in [4.78, 5) is 21.6. The lowest BCUT2D eigenvalue weighted by Crippen LogP contribution is -2.51. The summed E-state index contributed by atoms with van der Waals surface area (Å²) >= 11 is 5.38. The molecule has 15 heavy (non-hydrogen) atoms. The van der Waals surface area contributed by atoms with Crippen molar-refractivity contribution in [3.8, 4) is 0 Å². The summed E-state index contributed by atoms with van der Waals surface area (Å²) in [6.45, 7) is 4.62. The standard InChI is InChI=1S/C8H13ClN2O4/c1-4(9)3-10-8(15)11-6(5(2)12)7(13)14/h5-6,12H,1,3H2,2H3,(H,13,14)(H2,10,11,15). The summed E-state index contributed by atoms with van der Waals surface area (Å²) in [7, 11) is 0. The van der Waals surface area contributed by atoms with E-state index in [1.165, 1.54) is 6.92 Å². The maximum absolute atomic E-state index is 11.1. The highest BCUT2D eigenvalue weighted by Crippen LogP contribution is 1.94. The smallest absolute Gasteiger partial charge is 0.328 e. The Morgan fingerprint density at radius 3 is 2.40 bits per heavy atom. The summed E-state index contributed by atoms with van der Waals surface area (Å²) in [5.74, 6) is -1.31. The number of carboxylic acids is 1. The number of carbonyl (C=O) groups excluding carboxylic acids is 1. The van der Waals surface area contributed by atoms with Crippen LogP contribution in [0.4, 0.5) is 4.79 Å². The van der Waals surface area contributed by atoms with Crippen LogP contribution in [-0.2, 0) is 4.79 Å². The van der Waals surface area contributed by atoms with Gasteiger partial charge in [0, 0.05) is 5.03 Å². The molecular weight excluding hydrogens is 224 g/mol. The van der Waals surface area contributed by atoms with Crippen LogP contribution in [0.25, 0.3) is 0 Å². The van der Waals surface area contributed by atoms with Gasteiger partial charge < -0.3 is 20.8 Å². The van der Waals surface area contributed by atoms with Crippen molar-refractivity contribution in [1.29, 1.82) is 0 Å². The Kier molecular flexibility index (Phi) is 5.73. The minimum absolute atomic E-state index is 0.0273. The van der Waals surface area contributed by atoms with Crippen molar-refractivity contribution in [1.82, 2.24) is 10.6 Å². The molecule has 86 valence electrons. The number of carboxylic acid groups (broad SMARTS) is 1. The first-order chi connectivity index (χ1) is 6.84. The average Bonchev–Trinajstić information content (AvgIpc) is 2.09. The third kappa shape index (κ3) is 5.92. The Morgan fingerprint density at radius 2 is 2.07 bits per heavy atom. The van der Waals surface area contributed by atoms with E-state index >= 15 is 0 Å². The molecule has 0 bridgehead atoms. The average molecular weight is 237 g/mol. The fourth-order valence-electron chi connectivity index (χ4n) is 0.757. The fourth-order valence-corrected chi connectivity index (χ4v) is 0.824. The van der Waals surface area contributed by atoms with Crippen molar-refractivity contribution < 1.29 is 19.8 Å². The highest BCUT2D eigenvalue weighted by molar-refractivity contribution is 6.29. The lowest BCUT2D eigenvalue weighted by Gasteiger charge is -2.17. The topological polar surface area (TPSA) is 98.7 Å². The van der Waals surface area contributed by atoms with Crippen LogP contribution >= 0.6 is 11.6 Å². The van der Waals surface area contributed by atoms with Gasteiger partial charge in [-0.3, -0.25) is 0 Å². The van der Waals surface area contributed by atoms with Crippen molar-refractivity contribution in [2.75, 3.05) is 6.54 Å². The highest BCUT2D eigenvalue weighted by Gasteiger charge is 2.24. The second-order valence-corrected chi connectivity index (χ2v) is 3.44. The number of hydrogen-bond donors (Lipinski definition) is 4. The van der Waals surface area contributed by atoms with Crippen LogP contribution < -0.4 is 10.6 Å². The number of amides is 2. The Bertz CT molecular complexity index is 267. The van der Waals surface area contributed by atoms with Crippen molar-refractivity contribution in [2.24, 2.45) is 0 Å². The minimum atomic E-state index is -1.35. The third-order valence-electron chi connectivity index (χ3n) is 1.48. The van der Waals surface area contributed by atoms with Gasteiger partial charge in [0.15, 0.2) is 6.04 Å². The molecule has 0 aromatic carbocycles. The van der Waals surface area contributed by atoms with Crippen LogP contribution in [0.2, 0.25) is 0 Å². The van der Waals surface area contributed by atoms with Crippen LogP contribution in [0, 0.1) is 0 Å². The number of carbonyl (C=O) groups is 2. The number of aliphatic carboxylic acids is 1. The van der Waals surface area contributed by atoms with Crippen molar-refractivity contribution >= 4 is 23.6 Å². The zero-order valence-electron chi connectivity index (χ0n) is 8.16. The first kappa shape index (κ1) is 13.7. The number of halogens is 1. The number of aliphatic hydroxyl groups excluding tert-OH is 1. The molecule has 2 atom stereocenters. The van der Waals surface area contributed by atoms with Gasteiger partial charge in [0.2, 0.25) is 0 Å². The molecule has 0 rings (SSSR count). The van der Waals surface area contributed by atoms with Gasteiger partial charge in [-0.25, -0.2) is 9.59 Å². The van der Waals surface area contributed by atoms with Crippen molar-refractivity contribution in [2.45, 2.75) is 19.1 Å². The summed E-state index contributed by atoms with van der Waals surface area (Å²) < 4.78 is 0. The molecule has 0 aromatic heterocycles. The molecule has 0 aliphatic carbocycles. The van der Waals surface area contributed by atoms with Crippen LogP contribution in [0.1, 0.15) is 6.92 Å². The van der Waals surface area contributed by atoms with Crippen LogP contribution in [-0.4, -0.2) is 40.9 Å². The van der Waals surface area contributed by atoms with Gasteiger partial charge in [-0.05, 0) is 6.92 Å². The maximum Gasteiger partial charge on any atom is 0.328 e. The van der Waals surface area contributed by atoms with Crippen molar-refractivity contribution in [3.05, 3.63) is 11.6 Å². The van der Waals surface area contributed by atoms with E-state index in [4.69, 9.17) is 21.8 Å². The van der Waals surface area contributed by atoms with Gasteiger partial charge >= 0.3 is 12.0 Å². The molecule has 2 unspecified atom stereocenters. The molecule has 0 aliphatic rings. The normalized spacial score (nSPS) is 13.8. The summed E-state index contributed by atoms with van der Waals surface area (Å²) in [6, 6.07) is -2.08. The van der Waals surface area contributed by atoms with E-state index in [2.05, 4.69) is 17.2 Å². The fraction of sp³-hybridized carbons (Fsp3) is 0.500. The molecule has 0 spiro atoms. The van der Waals surface area contributed by atoms with E-state index < -0.39 is 24.1 Å². The van der Waals surface area contributed by atoms with E-state index in [0.29, 0.717) is 0 Å². The van der Waals surface area contributed by atoms with Crippen molar-refractivity contribution in [3.63, 3.8) is 0 Å². The SMILES string of the molecule is C=C(Cl)CNC(=O)NC(C(=O)O)C(C)O. The third-order valence-corrected chi connectivity index (χ3v) is 1.61. The van der Waals surface area contributed by atoms with Crippen LogP contribution in [0.5, 0.6) is 0 Å². The molecule has 7 heteroatoms. The predicted molar refractivity (Wildman–Crippen MR) is 54.6 cm³/mol. The van der Waals surface area contributed by atoms with Gasteiger partial charge in [-0.15, -0.1) is 0 Å². The Labute approximate surface area is 91.9 Å². The zero-order chi connectivity index (χ0) is 12.0. The molecule has 2 amide bonds. The van der Waals surface area contributed by atoms with Gasteiger partial charge in [0.25, 0.3) is 0 Å². The molecule has 6 nitrogen and oxygen atoms in total. The minimum Gasteiger partial charge on any atom is -0.480 e. The van der Waals surface area contributed by atoms with E-state index in [0.717, 1.165) is 0 Å².